The number of aromatic nitrogens is 2. The third-order valence-corrected chi connectivity index (χ3v) is 6.44. The topological polar surface area (TPSA) is 42.9 Å². The van der Waals surface area contributed by atoms with Gasteiger partial charge in [-0.25, -0.2) is 0 Å². The van der Waals surface area contributed by atoms with Crippen LogP contribution in [0.25, 0.3) is 22.0 Å². The van der Waals surface area contributed by atoms with Gasteiger partial charge in [-0.15, -0.1) is 10.2 Å². The van der Waals surface area contributed by atoms with Gasteiger partial charge in [0.25, 0.3) is 0 Å². The van der Waals surface area contributed by atoms with Crippen LogP contribution in [-0.4, -0.2) is 21.7 Å². The normalized spacial score (nSPS) is 12.8. The Morgan fingerprint density at radius 1 is 0.828 bits per heavy atom. The molecule has 1 aliphatic carbocycles. The lowest BCUT2D eigenvalue weighted by molar-refractivity contribution is 0.102. The number of carbonyl (C=O) groups is 1. The fourth-order valence-electron chi connectivity index (χ4n) is 3.96. The first-order chi connectivity index (χ1) is 14.3. The average Bonchev–Trinajstić information content (AvgIpc) is 3.26. The van der Waals surface area contributed by atoms with Gasteiger partial charge in [-0.1, -0.05) is 78.5 Å². The molecule has 0 saturated carbocycles. The van der Waals surface area contributed by atoms with Gasteiger partial charge in [0.05, 0.1) is 5.75 Å². The first-order valence-electron chi connectivity index (χ1n) is 9.88. The predicted octanol–water partition coefficient (Wildman–Crippen LogP) is 5.76. The third-order valence-electron chi connectivity index (χ3n) is 5.46. The lowest BCUT2D eigenvalue weighted by Gasteiger charge is -2.09. The maximum atomic E-state index is 12.8. The average molecular weight is 397 g/mol. The highest BCUT2D eigenvalue weighted by molar-refractivity contribution is 8.00. The summed E-state index contributed by atoms with van der Waals surface area (Å²) in [5.41, 5.74) is 5.44. The number of thioether (sulfide) groups is 1. The number of carbonyl (C=O) groups excluding carboxylic acids is 1. The second kappa shape index (κ2) is 7.80. The van der Waals surface area contributed by atoms with Crippen LogP contribution in [0.5, 0.6) is 0 Å². The van der Waals surface area contributed by atoms with E-state index >= 15 is 0 Å². The largest absolute Gasteiger partial charge is 0.293 e. The Morgan fingerprint density at radius 3 is 2.45 bits per heavy atom. The monoisotopic (exact) mass is 396 g/mol. The first kappa shape index (κ1) is 18.1. The minimum absolute atomic E-state index is 0.141. The van der Waals surface area contributed by atoms with Crippen molar-refractivity contribution in [2.75, 3.05) is 5.75 Å². The molecule has 3 aromatic carbocycles. The molecular weight excluding hydrogens is 376 g/mol. The zero-order valence-corrected chi connectivity index (χ0v) is 16.8. The van der Waals surface area contributed by atoms with Gasteiger partial charge in [-0.2, -0.15) is 0 Å². The summed E-state index contributed by atoms with van der Waals surface area (Å²) in [7, 11) is 0. The summed E-state index contributed by atoms with van der Waals surface area (Å²) in [5.74, 6) is 0.505. The summed E-state index contributed by atoms with van der Waals surface area (Å²) in [4.78, 5) is 12.8. The van der Waals surface area contributed by atoms with Crippen LogP contribution in [0, 0.1) is 0 Å². The molecule has 0 aliphatic heterocycles. The van der Waals surface area contributed by atoms with Gasteiger partial charge in [0.2, 0.25) is 0 Å². The third kappa shape index (κ3) is 3.56. The van der Waals surface area contributed by atoms with E-state index in [-0.39, 0.29) is 5.78 Å². The number of aryl methyl sites for hydroxylation is 2. The number of Topliss-reactive ketones (excluding diaryl/α,β-unsaturated/α-hetero) is 1. The number of fused-ring (bicyclic) bond motifs is 2. The highest BCUT2D eigenvalue weighted by atomic mass is 32.2. The lowest BCUT2D eigenvalue weighted by Crippen LogP contribution is -2.04. The summed E-state index contributed by atoms with van der Waals surface area (Å²) in [6, 6.07) is 24.4. The van der Waals surface area contributed by atoms with Crippen molar-refractivity contribution in [2.24, 2.45) is 0 Å². The maximum absolute atomic E-state index is 12.8. The molecule has 29 heavy (non-hydrogen) atoms. The summed E-state index contributed by atoms with van der Waals surface area (Å²) < 4.78 is 0. The molecule has 0 fully saturated rings. The van der Waals surface area contributed by atoms with Crippen LogP contribution in [0.3, 0.4) is 0 Å². The van der Waals surface area contributed by atoms with E-state index in [1.54, 1.807) is 0 Å². The van der Waals surface area contributed by atoms with E-state index in [0.29, 0.717) is 5.75 Å². The van der Waals surface area contributed by atoms with Crippen molar-refractivity contribution in [1.29, 1.82) is 0 Å². The molecular formula is C25H20N2OS. The van der Waals surface area contributed by atoms with Crippen LogP contribution in [-0.2, 0) is 12.8 Å². The second-order valence-corrected chi connectivity index (χ2v) is 8.28. The number of rotatable bonds is 5. The molecule has 4 aromatic rings. The fourth-order valence-corrected chi connectivity index (χ4v) is 4.82. The minimum atomic E-state index is 0.141. The molecule has 1 heterocycles. The molecule has 0 radical (unpaired) electrons. The summed E-state index contributed by atoms with van der Waals surface area (Å²) in [6.45, 7) is 0. The highest BCUT2D eigenvalue weighted by Gasteiger charge is 2.16. The van der Waals surface area contributed by atoms with Crippen molar-refractivity contribution in [2.45, 2.75) is 24.3 Å². The molecule has 1 aliphatic rings. The van der Waals surface area contributed by atoms with E-state index in [1.165, 1.54) is 29.3 Å². The molecule has 0 N–H and O–H groups in total. The van der Waals surface area contributed by atoms with Crippen LogP contribution < -0.4 is 0 Å². The number of hydrogen-bond donors (Lipinski definition) is 0. The Hall–Kier alpha value is -2.98. The summed E-state index contributed by atoms with van der Waals surface area (Å²) in [5, 5.41) is 11.9. The Balaban J connectivity index is 1.42. The number of hydrogen-bond acceptors (Lipinski definition) is 4. The molecule has 142 valence electrons. The number of ketones is 1. The fraction of sp³-hybridized carbons (Fsp3) is 0.160. The van der Waals surface area contributed by atoms with E-state index in [0.717, 1.165) is 45.5 Å². The van der Waals surface area contributed by atoms with Crippen LogP contribution in [0.1, 0.15) is 27.9 Å². The number of benzene rings is 3. The van der Waals surface area contributed by atoms with E-state index < -0.39 is 0 Å². The Bertz CT molecular complexity index is 1200. The zero-order valence-electron chi connectivity index (χ0n) is 16.0. The number of nitrogens with zero attached hydrogens (tertiary/aromatic N) is 2. The van der Waals surface area contributed by atoms with E-state index in [1.807, 2.05) is 48.5 Å². The first-order valence-corrected chi connectivity index (χ1v) is 10.9. The van der Waals surface area contributed by atoms with Crippen molar-refractivity contribution in [3.63, 3.8) is 0 Å². The molecule has 0 unspecified atom stereocenters. The zero-order chi connectivity index (χ0) is 19.6. The maximum Gasteiger partial charge on any atom is 0.173 e. The van der Waals surface area contributed by atoms with Gasteiger partial charge in [0, 0.05) is 21.9 Å². The standard InChI is InChI=1S/C25H20N2OS/c28-23(20-14-13-17-9-6-10-19(17)15-20)16-29-25-22-12-5-4-11-21(22)24(26-27-25)18-7-2-1-3-8-18/h1-5,7-8,11-15H,6,9-10,16H2. The van der Waals surface area contributed by atoms with Crippen molar-refractivity contribution in [3.8, 4) is 11.3 Å². The van der Waals surface area contributed by atoms with Crippen LogP contribution in [0.15, 0.2) is 77.8 Å². The van der Waals surface area contributed by atoms with Gasteiger partial charge in [-0.05, 0) is 36.5 Å². The molecule has 0 atom stereocenters. The van der Waals surface area contributed by atoms with E-state index in [4.69, 9.17) is 0 Å². The van der Waals surface area contributed by atoms with Crippen LogP contribution in [0.2, 0.25) is 0 Å². The Morgan fingerprint density at radius 2 is 1.59 bits per heavy atom. The molecule has 0 spiro atoms. The Labute approximate surface area is 174 Å². The van der Waals surface area contributed by atoms with Gasteiger partial charge >= 0.3 is 0 Å². The van der Waals surface area contributed by atoms with Crippen LogP contribution >= 0.6 is 11.8 Å². The van der Waals surface area contributed by atoms with Gasteiger partial charge in [-0.3, -0.25) is 4.79 Å². The van der Waals surface area contributed by atoms with Crippen molar-refractivity contribution in [1.82, 2.24) is 10.2 Å². The van der Waals surface area contributed by atoms with Gasteiger partial charge in [0.15, 0.2) is 5.78 Å². The highest BCUT2D eigenvalue weighted by Crippen LogP contribution is 2.32. The Kier molecular flexibility index (Phi) is 4.86. The quantitative estimate of drug-likeness (QED) is 0.318. The predicted molar refractivity (Wildman–Crippen MR) is 118 cm³/mol. The molecule has 1 aromatic heterocycles. The summed E-state index contributed by atoms with van der Waals surface area (Å²) >= 11 is 1.47. The molecule has 0 amide bonds. The van der Waals surface area contributed by atoms with E-state index in [2.05, 4.69) is 34.5 Å². The minimum Gasteiger partial charge on any atom is -0.293 e. The SMILES string of the molecule is O=C(CSc1nnc(-c2ccccc2)c2ccccc12)c1ccc2c(c1)CCC2. The van der Waals surface area contributed by atoms with Crippen LogP contribution in [0.4, 0.5) is 0 Å². The lowest BCUT2D eigenvalue weighted by atomic mass is 10.0. The second-order valence-electron chi connectivity index (χ2n) is 7.31. The van der Waals surface area contributed by atoms with Gasteiger partial charge in [0.1, 0.15) is 10.7 Å². The van der Waals surface area contributed by atoms with Gasteiger partial charge < -0.3 is 0 Å². The molecule has 0 saturated heterocycles. The van der Waals surface area contributed by atoms with E-state index in [9.17, 15) is 4.79 Å². The smallest absolute Gasteiger partial charge is 0.173 e. The van der Waals surface area contributed by atoms with Crippen molar-refractivity contribution in [3.05, 3.63) is 89.5 Å². The molecule has 5 rings (SSSR count). The van der Waals surface area contributed by atoms with Crippen molar-refractivity contribution < 1.29 is 4.79 Å². The molecule has 3 nitrogen and oxygen atoms in total. The molecule has 0 bridgehead atoms. The molecule has 4 heteroatoms. The van der Waals surface area contributed by atoms with Crippen molar-refractivity contribution >= 4 is 28.3 Å². The summed E-state index contributed by atoms with van der Waals surface area (Å²) in [6.07, 6.45) is 3.41.